The number of aryl methyl sites for hydroxylation is 1. The predicted octanol–water partition coefficient (Wildman–Crippen LogP) is 5.44. The molecule has 0 amide bonds. The average molecular weight is 263 g/mol. The van der Waals surface area contributed by atoms with Crippen LogP contribution in [0.2, 0.25) is 0 Å². The number of hydrogen-bond donors (Lipinski definition) is 1. The second kappa shape index (κ2) is 4.52. The summed E-state index contributed by atoms with van der Waals surface area (Å²) in [4.78, 5) is 3.56. The SMILES string of the molecule is Cc1c(-c2ccccc2)[nH]c2ccc(C(C)(C)C)cc12. The van der Waals surface area contributed by atoms with Crippen molar-refractivity contribution in [2.45, 2.75) is 33.1 Å². The summed E-state index contributed by atoms with van der Waals surface area (Å²) in [6.07, 6.45) is 0. The molecule has 0 radical (unpaired) electrons. The van der Waals surface area contributed by atoms with Crippen LogP contribution in [-0.2, 0) is 5.41 Å². The van der Waals surface area contributed by atoms with E-state index in [1.54, 1.807) is 0 Å². The van der Waals surface area contributed by atoms with Crippen LogP contribution in [-0.4, -0.2) is 4.98 Å². The monoisotopic (exact) mass is 263 g/mol. The molecule has 1 heteroatoms. The van der Waals surface area contributed by atoms with E-state index in [4.69, 9.17) is 0 Å². The molecule has 0 unspecified atom stereocenters. The minimum atomic E-state index is 0.185. The second-order valence-corrected chi connectivity index (χ2v) is 6.50. The lowest BCUT2D eigenvalue weighted by atomic mass is 9.86. The number of rotatable bonds is 1. The maximum atomic E-state index is 3.56. The molecule has 3 aromatic rings. The summed E-state index contributed by atoms with van der Waals surface area (Å²) in [5.41, 5.74) is 6.59. The Labute approximate surface area is 120 Å². The summed E-state index contributed by atoms with van der Waals surface area (Å²) in [5.74, 6) is 0. The Balaban J connectivity index is 2.21. The van der Waals surface area contributed by atoms with E-state index in [1.807, 2.05) is 0 Å². The Kier molecular flexibility index (Phi) is 2.93. The number of H-pyrrole nitrogens is 1. The molecular formula is C19H21N. The summed E-state index contributed by atoms with van der Waals surface area (Å²) >= 11 is 0. The Bertz CT molecular complexity index is 743. The third-order valence-electron chi connectivity index (χ3n) is 3.99. The van der Waals surface area contributed by atoms with Crippen LogP contribution in [0.15, 0.2) is 48.5 Å². The van der Waals surface area contributed by atoms with E-state index in [0.717, 1.165) is 0 Å². The van der Waals surface area contributed by atoms with Gasteiger partial charge < -0.3 is 4.98 Å². The summed E-state index contributed by atoms with van der Waals surface area (Å²) in [6.45, 7) is 8.98. The predicted molar refractivity (Wildman–Crippen MR) is 87.2 cm³/mol. The van der Waals surface area contributed by atoms with Gasteiger partial charge in [-0.1, -0.05) is 57.2 Å². The maximum Gasteiger partial charge on any atom is 0.0494 e. The molecule has 2 aromatic carbocycles. The third kappa shape index (κ3) is 2.14. The van der Waals surface area contributed by atoms with Crippen molar-refractivity contribution in [3.63, 3.8) is 0 Å². The highest BCUT2D eigenvalue weighted by atomic mass is 14.7. The van der Waals surface area contributed by atoms with Gasteiger partial charge in [-0.25, -0.2) is 0 Å². The fourth-order valence-electron chi connectivity index (χ4n) is 2.69. The molecule has 0 aliphatic carbocycles. The molecule has 0 fully saturated rings. The highest BCUT2D eigenvalue weighted by molar-refractivity contribution is 5.91. The first-order valence-electron chi connectivity index (χ1n) is 7.15. The highest BCUT2D eigenvalue weighted by Gasteiger charge is 2.16. The van der Waals surface area contributed by atoms with E-state index in [1.165, 1.54) is 33.3 Å². The minimum Gasteiger partial charge on any atom is -0.354 e. The van der Waals surface area contributed by atoms with E-state index in [9.17, 15) is 0 Å². The molecule has 20 heavy (non-hydrogen) atoms. The van der Waals surface area contributed by atoms with Crippen LogP contribution in [0, 0.1) is 6.92 Å². The lowest BCUT2D eigenvalue weighted by molar-refractivity contribution is 0.591. The van der Waals surface area contributed by atoms with Gasteiger partial charge in [0.25, 0.3) is 0 Å². The lowest BCUT2D eigenvalue weighted by Gasteiger charge is -2.18. The van der Waals surface area contributed by atoms with Crippen molar-refractivity contribution in [3.8, 4) is 11.3 Å². The van der Waals surface area contributed by atoms with E-state index < -0.39 is 0 Å². The van der Waals surface area contributed by atoms with Crippen molar-refractivity contribution in [3.05, 3.63) is 59.7 Å². The van der Waals surface area contributed by atoms with Crippen molar-refractivity contribution in [2.75, 3.05) is 0 Å². The normalized spacial score (nSPS) is 12.0. The molecule has 0 saturated carbocycles. The first kappa shape index (κ1) is 13.0. The summed E-state index contributed by atoms with van der Waals surface area (Å²) in [7, 11) is 0. The minimum absolute atomic E-state index is 0.185. The highest BCUT2D eigenvalue weighted by Crippen LogP contribution is 2.32. The van der Waals surface area contributed by atoms with Gasteiger partial charge in [-0.15, -0.1) is 0 Å². The molecule has 0 saturated heterocycles. The summed E-state index contributed by atoms with van der Waals surface area (Å²) in [6, 6.07) is 17.3. The van der Waals surface area contributed by atoms with Crippen LogP contribution >= 0.6 is 0 Å². The van der Waals surface area contributed by atoms with Gasteiger partial charge in [-0.3, -0.25) is 0 Å². The summed E-state index contributed by atoms with van der Waals surface area (Å²) in [5, 5.41) is 1.33. The molecule has 0 aliphatic rings. The fraction of sp³-hybridized carbons (Fsp3) is 0.263. The van der Waals surface area contributed by atoms with Crippen LogP contribution in [0.5, 0.6) is 0 Å². The molecule has 0 spiro atoms. The van der Waals surface area contributed by atoms with Gasteiger partial charge in [-0.05, 0) is 41.2 Å². The molecule has 0 bridgehead atoms. The molecule has 1 aromatic heterocycles. The molecule has 0 aliphatic heterocycles. The van der Waals surface area contributed by atoms with Crippen LogP contribution in [0.1, 0.15) is 31.9 Å². The van der Waals surface area contributed by atoms with E-state index in [2.05, 4.69) is 81.2 Å². The lowest BCUT2D eigenvalue weighted by Crippen LogP contribution is -2.10. The largest absolute Gasteiger partial charge is 0.354 e. The topological polar surface area (TPSA) is 15.8 Å². The number of nitrogens with one attached hydrogen (secondary N) is 1. The Morgan fingerprint density at radius 2 is 1.60 bits per heavy atom. The van der Waals surface area contributed by atoms with Gasteiger partial charge in [0.15, 0.2) is 0 Å². The Hall–Kier alpha value is -2.02. The van der Waals surface area contributed by atoms with Gasteiger partial charge in [0, 0.05) is 16.6 Å². The van der Waals surface area contributed by atoms with Crippen LogP contribution < -0.4 is 0 Å². The van der Waals surface area contributed by atoms with Gasteiger partial charge in [-0.2, -0.15) is 0 Å². The first-order valence-corrected chi connectivity index (χ1v) is 7.15. The number of aromatic nitrogens is 1. The van der Waals surface area contributed by atoms with E-state index >= 15 is 0 Å². The molecule has 102 valence electrons. The fourth-order valence-corrected chi connectivity index (χ4v) is 2.69. The Morgan fingerprint density at radius 3 is 2.25 bits per heavy atom. The molecule has 3 rings (SSSR count). The standard InChI is InChI=1S/C19H21N/c1-13-16-12-15(19(2,3)4)10-11-17(16)20-18(13)14-8-6-5-7-9-14/h5-12,20H,1-4H3. The van der Waals surface area contributed by atoms with Crippen LogP contribution in [0.25, 0.3) is 22.2 Å². The molecule has 1 heterocycles. The van der Waals surface area contributed by atoms with Crippen molar-refractivity contribution in [2.24, 2.45) is 0 Å². The van der Waals surface area contributed by atoms with Crippen molar-refractivity contribution in [1.29, 1.82) is 0 Å². The van der Waals surface area contributed by atoms with Crippen LogP contribution in [0.4, 0.5) is 0 Å². The average Bonchev–Trinajstić information content (AvgIpc) is 2.76. The Morgan fingerprint density at radius 1 is 0.900 bits per heavy atom. The van der Waals surface area contributed by atoms with Gasteiger partial charge >= 0.3 is 0 Å². The zero-order valence-electron chi connectivity index (χ0n) is 12.6. The first-order chi connectivity index (χ1) is 9.47. The molecular weight excluding hydrogens is 242 g/mol. The number of hydrogen-bond acceptors (Lipinski definition) is 0. The van der Waals surface area contributed by atoms with Gasteiger partial charge in [0.2, 0.25) is 0 Å². The zero-order chi connectivity index (χ0) is 14.3. The summed E-state index contributed by atoms with van der Waals surface area (Å²) < 4.78 is 0. The number of fused-ring (bicyclic) bond motifs is 1. The third-order valence-corrected chi connectivity index (χ3v) is 3.99. The second-order valence-electron chi connectivity index (χ2n) is 6.50. The number of aromatic amines is 1. The maximum absolute atomic E-state index is 3.56. The van der Waals surface area contributed by atoms with Crippen molar-refractivity contribution < 1.29 is 0 Å². The number of benzene rings is 2. The quantitative estimate of drug-likeness (QED) is 0.601. The molecule has 0 atom stereocenters. The van der Waals surface area contributed by atoms with E-state index in [-0.39, 0.29) is 5.41 Å². The van der Waals surface area contributed by atoms with Crippen molar-refractivity contribution >= 4 is 10.9 Å². The van der Waals surface area contributed by atoms with Crippen LogP contribution in [0.3, 0.4) is 0 Å². The van der Waals surface area contributed by atoms with E-state index in [0.29, 0.717) is 0 Å². The van der Waals surface area contributed by atoms with Gasteiger partial charge in [0.1, 0.15) is 0 Å². The zero-order valence-corrected chi connectivity index (χ0v) is 12.6. The van der Waals surface area contributed by atoms with Crippen molar-refractivity contribution in [1.82, 2.24) is 4.98 Å². The molecule has 1 N–H and O–H groups in total. The van der Waals surface area contributed by atoms with Gasteiger partial charge in [0.05, 0.1) is 0 Å². The smallest absolute Gasteiger partial charge is 0.0494 e. The molecule has 1 nitrogen and oxygen atoms in total.